The average molecular weight is 297 g/mol. The Morgan fingerprint density at radius 3 is 2.75 bits per heavy atom. The summed E-state index contributed by atoms with van der Waals surface area (Å²) < 4.78 is 5.33. The van der Waals surface area contributed by atoms with Gasteiger partial charge in [-0.25, -0.2) is 0 Å². The number of benzene rings is 1. The number of hydrogen-bond acceptors (Lipinski definition) is 3. The molecule has 1 aromatic carbocycles. The van der Waals surface area contributed by atoms with Crippen LogP contribution in [0.5, 0.6) is 0 Å². The van der Waals surface area contributed by atoms with Crippen LogP contribution in [0.4, 0.5) is 5.69 Å². The molecule has 2 aliphatic heterocycles. The Kier molecular flexibility index (Phi) is 5.02. The van der Waals surface area contributed by atoms with E-state index in [0.717, 1.165) is 44.7 Å². The van der Waals surface area contributed by atoms with Gasteiger partial charge in [0, 0.05) is 25.4 Å². The summed E-state index contributed by atoms with van der Waals surface area (Å²) in [5, 5.41) is 0. The molecule has 110 valence electrons. The van der Waals surface area contributed by atoms with Gasteiger partial charge in [0.05, 0.1) is 6.04 Å². The lowest BCUT2D eigenvalue weighted by molar-refractivity contribution is -0.121. The van der Waals surface area contributed by atoms with E-state index in [2.05, 4.69) is 6.07 Å². The molecule has 2 heterocycles. The maximum absolute atomic E-state index is 12.6. The maximum Gasteiger partial charge on any atom is 0.244 e. The first-order valence-electron chi connectivity index (χ1n) is 7.00. The summed E-state index contributed by atoms with van der Waals surface area (Å²) in [5.74, 6) is 0.325. The molecule has 2 N–H and O–H groups in total. The Morgan fingerprint density at radius 2 is 2.00 bits per heavy atom. The highest BCUT2D eigenvalue weighted by Crippen LogP contribution is 2.29. The fourth-order valence-corrected chi connectivity index (χ4v) is 3.02. The van der Waals surface area contributed by atoms with E-state index >= 15 is 0 Å². The van der Waals surface area contributed by atoms with Crippen LogP contribution in [0.25, 0.3) is 0 Å². The fraction of sp³-hybridized carbons (Fsp3) is 0.533. The molecule has 2 aliphatic rings. The summed E-state index contributed by atoms with van der Waals surface area (Å²) >= 11 is 0. The molecular formula is C15H21ClN2O2. The predicted molar refractivity (Wildman–Crippen MR) is 81.3 cm³/mol. The number of nitrogens with zero attached hydrogens (tertiary/aromatic N) is 1. The van der Waals surface area contributed by atoms with Crippen molar-refractivity contribution in [3.05, 3.63) is 29.8 Å². The van der Waals surface area contributed by atoms with Crippen molar-refractivity contribution >= 4 is 24.0 Å². The van der Waals surface area contributed by atoms with Crippen LogP contribution < -0.4 is 10.6 Å². The lowest BCUT2D eigenvalue weighted by atomic mass is 9.91. The van der Waals surface area contributed by atoms with Crippen molar-refractivity contribution in [2.75, 3.05) is 24.7 Å². The summed E-state index contributed by atoms with van der Waals surface area (Å²) in [4.78, 5) is 14.4. The van der Waals surface area contributed by atoms with Crippen molar-refractivity contribution in [3.8, 4) is 0 Å². The highest BCUT2D eigenvalue weighted by Gasteiger charge is 2.33. The summed E-state index contributed by atoms with van der Waals surface area (Å²) in [7, 11) is 0. The molecule has 3 rings (SSSR count). The number of halogens is 1. The Bertz CT molecular complexity index is 475. The van der Waals surface area contributed by atoms with Crippen molar-refractivity contribution in [2.45, 2.75) is 25.3 Å². The van der Waals surface area contributed by atoms with Crippen LogP contribution in [0.3, 0.4) is 0 Å². The molecule has 1 amide bonds. The number of carbonyl (C=O) groups excluding carboxylic acids is 1. The summed E-state index contributed by atoms with van der Waals surface area (Å²) in [5.41, 5.74) is 8.46. The number of anilines is 1. The molecule has 1 aromatic rings. The van der Waals surface area contributed by atoms with Crippen LogP contribution in [0.15, 0.2) is 24.3 Å². The van der Waals surface area contributed by atoms with E-state index in [1.807, 2.05) is 23.1 Å². The lowest BCUT2D eigenvalue weighted by Gasteiger charge is -2.30. The number of ether oxygens (including phenoxy) is 1. The summed E-state index contributed by atoms with van der Waals surface area (Å²) in [6.45, 7) is 2.21. The van der Waals surface area contributed by atoms with Crippen molar-refractivity contribution < 1.29 is 9.53 Å². The van der Waals surface area contributed by atoms with E-state index in [1.54, 1.807) is 0 Å². The van der Waals surface area contributed by atoms with Gasteiger partial charge in [-0.15, -0.1) is 12.4 Å². The van der Waals surface area contributed by atoms with E-state index in [9.17, 15) is 4.79 Å². The van der Waals surface area contributed by atoms with Gasteiger partial charge in [-0.05, 0) is 36.8 Å². The van der Waals surface area contributed by atoms with Crippen molar-refractivity contribution in [2.24, 2.45) is 11.7 Å². The highest BCUT2D eigenvalue weighted by atomic mass is 35.5. The van der Waals surface area contributed by atoms with Gasteiger partial charge in [-0.1, -0.05) is 18.2 Å². The maximum atomic E-state index is 12.6. The van der Waals surface area contributed by atoms with E-state index in [0.29, 0.717) is 0 Å². The van der Waals surface area contributed by atoms with Gasteiger partial charge in [0.15, 0.2) is 0 Å². The molecule has 4 nitrogen and oxygen atoms in total. The number of carbonyl (C=O) groups is 1. The highest BCUT2D eigenvalue weighted by molar-refractivity contribution is 5.99. The van der Waals surface area contributed by atoms with Gasteiger partial charge >= 0.3 is 0 Å². The second-order valence-electron chi connectivity index (χ2n) is 5.34. The zero-order chi connectivity index (χ0) is 13.2. The molecule has 20 heavy (non-hydrogen) atoms. The molecule has 5 heteroatoms. The van der Waals surface area contributed by atoms with Gasteiger partial charge in [0.1, 0.15) is 0 Å². The van der Waals surface area contributed by atoms with Crippen molar-refractivity contribution in [1.29, 1.82) is 0 Å². The third-order valence-corrected chi connectivity index (χ3v) is 4.21. The van der Waals surface area contributed by atoms with E-state index < -0.39 is 6.04 Å². The Morgan fingerprint density at radius 1 is 1.30 bits per heavy atom. The molecule has 1 saturated heterocycles. The van der Waals surface area contributed by atoms with Gasteiger partial charge < -0.3 is 15.4 Å². The van der Waals surface area contributed by atoms with E-state index in [1.165, 1.54) is 5.56 Å². The van der Waals surface area contributed by atoms with Crippen molar-refractivity contribution in [3.63, 3.8) is 0 Å². The minimum atomic E-state index is -0.393. The number of rotatable bonds is 2. The number of amides is 1. The average Bonchev–Trinajstić information content (AvgIpc) is 2.90. The topological polar surface area (TPSA) is 55.6 Å². The minimum Gasteiger partial charge on any atom is -0.381 e. The van der Waals surface area contributed by atoms with Crippen LogP contribution in [0.2, 0.25) is 0 Å². The zero-order valence-corrected chi connectivity index (χ0v) is 12.3. The Balaban J connectivity index is 0.00000147. The second-order valence-corrected chi connectivity index (χ2v) is 5.34. The third-order valence-electron chi connectivity index (χ3n) is 4.21. The third kappa shape index (κ3) is 2.82. The predicted octanol–water partition coefficient (Wildman–Crippen LogP) is 1.75. The second kappa shape index (κ2) is 6.57. The van der Waals surface area contributed by atoms with Crippen LogP contribution in [0, 0.1) is 5.92 Å². The van der Waals surface area contributed by atoms with Crippen LogP contribution >= 0.6 is 12.4 Å². The van der Waals surface area contributed by atoms with Gasteiger partial charge in [0.2, 0.25) is 5.91 Å². The normalized spacial score (nSPS) is 20.1. The Hall–Kier alpha value is -1.10. The molecular weight excluding hydrogens is 276 g/mol. The van der Waals surface area contributed by atoms with E-state index in [-0.39, 0.29) is 24.2 Å². The smallest absolute Gasteiger partial charge is 0.244 e. The SMILES string of the molecule is Cl.NC(C(=O)N1CCc2ccccc21)C1CCOCC1. The largest absolute Gasteiger partial charge is 0.381 e. The summed E-state index contributed by atoms with van der Waals surface area (Å²) in [6, 6.07) is 7.70. The molecule has 0 saturated carbocycles. The Labute approximate surface area is 125 Å². The van der Waals surface area contributed by atoms with Crippen LogP contribution in [-0.4, -0.2) is 31.7 Å². The van der Waals surface area contributed by atoms with Gasteiger partial charge in [-0.3, -0.25) is 4.79 Å². The quantitative estimate of drug-likeness (QED) is 0.904. The molecule has 1 atom stereocenters. The first-order valence-corrected chi connectivity index (χ1v) is 7.00. The molecule has 0 radical (unpaired) electrons. The van der Waals surface area contributed by atoms with Gasteiger partial charge in [0.25, 0.3) is 0 Å². The summed E-state index contributed by atoms with van der Waals surface area (Å²) in [6.07, 6.45) is 2.72. The molecule has 0 aromatic heterocycles. The first kappa shape index (κ1) is 15.3. The zero-order valence-electron chi connectivity index (χ0n) is 11.5. The van der Waals surface area contributed by atoms with Crippen LogP contribution in [0.1, 0.15) is 18.4 Å². The van der Waals surface area contributed by atoms with Gasteiger partial charge in [-0.2, -0.15) is 0 Å². The lowest BCUT2D eigenvalue weighted by Crippen LogP contribution is -2.48. The fourth-order valence-electron chi connectivity index (χ4n) is 3.02. The number of hydrogen-bond donors (Lipinski definition) is 1. The minimum absolute atomic E-state index is 0. The monoisotopic (exact) mass is 296 g/mol. The number of nitrogens with two attached hydrogens (primary N) is 1. The van der Waals surface area contributed by atoms with E-state index in [4.69, 9.17) is 10.5 Å². The van der Waals surface area contributed by atoms with Crippen LogP contribution in [-0.2, 0) is 16.0 Å². The molecule has 0 bridgehead atoms. The molecule has 0 spiro atoms. The molecule has 0 aliphatic carbocycles. The van der Waals surface area contributed by atoms with Crippen molar-refractivity contribution in [1.82, 2.24) is 0 Å². The number of para-hydroxylation sites is 1. The molecule has 1 fully saturated rings. The standard InChI is InChI=1S/C15H20N2O2.ClH/c16-14(12-6-9-19-10-7-12)15(18)17-8-5-11-3-1-2-4-13(11)17;/h1-4,12,14H,5-10,16H2;1H. The first-order chi connectivity index (χ1) is 9.27. The molecule has 1 unspecified atom stereocenters. The number of fused-ring (bicyclic) bond motifs is 1.